The number of carbonyl (C=O) groups is 2. The Morgan fingerprint density at radius 3 is 2.17 bits per heavy atom. The first-order chi connectivity index (χ1) is 10.8. The molecule has 0 radical (unpaired) electrons. The summed E-state index contributed by atoms with van der Waals surface area (Å²) in [6.45, 7) is 5.94. The number of anilines is 1. The van der Waals surface area contributed by atoms with Gasteiger partial charge in [-0.15, -0.1) is 0 Å². The van der Waals surface area contributed by atoms with Gasteiger partial charge in [-0.2, -0.15) is 0 Å². The maximum atomic E-state index is 12.4. The number of carbonyl (C=O) groups excluding carboxylic acids is 2. The van der Waals surface area contributed by atoms with Gasteiger partial charge in [0.05, 0.1) is 26.8 Å². The standard InChI is InChI=1S/C15H18Cl3N3O2/c1-9(20-3-5-21(6-4-20)10(2)22)15(23)19-14-8-12(17)11(16)7-13(14)18/h7-9H,3-6H2,1-2H3,(H,19,23). The summed E-state index contributed by atoms with van der Waals surface area (Å²) >= 11 is 17.9. The van der Waals surface area contributed by atoms with E-state index >= 15 is 0 Å². The predicted molar refractivity (Wildman–Crippen MR) is 93.4 cm³/mol. The summed E-state index contributed by atoms with van der Waals surface area (Å²) < 4.78 is 0. The third-order valence-electron chi connectivity index (χ3n) is 3.95. The molecule has 1 aromatic carbocycles. The lowest BCUT2D eigenvalue weighted by Gasteiger charge is -2.37. The maximum Gasteiger partial charge on any atom is 0.241 e. The summed E-state index contributed by atoms with van der Waals surface area (Å²) in [7, 11) is 0. The van der Waals surface area contributed by atoms with Gasteiger partial charge in [-0.05, 0) is 19.1 Å². The van der Waals surface area contributed by atoms with Gasteiger partial charge < -0.3 is 10.2 Å². The normalized spacial score (nSPS) is 17.0. The third-order valence-corrected chi connectivity index (χ3v) is 4.99. The Kier molecular flexibility index (Phi) is 6.14. The first kappa shape index (κ1) is 18.3. The number of halogens is 3. The molecule has 1 N–H and O–H groups in total. The summed E-state index contributed by atoms with van der Waals surface area (Å²) in [5.74, 6) is -0.120. The monoisotopic (exact) mass is 377 g/mol. The van der Waals surface area contributed by atoms with Crippen molar-refractivity contribution in [2.75, 3.05) is 31.5 Å². The van der Waals surface area contributed by atoms with Crippen molar-refractivity contribution in [2.24, 2.45) is 0 Å². The lowest BCUT2D eigenvalue weighted by molar-refractivity contribution is -0.131. The molecule has 1 unspecified atom stereocenters. The lowest BCUT2D eigenvalue weighted by Crippen LogP contribution is -2.53. The largest absolute Gasteiger partial charge is 0.340 e. The smallest absolute Gasteiger partial charge is 0.241 e. The number of hydrogen-bond donors (Lipinski definition) is 1. The van der Waals surface area contributed by atoms with E-state index in [9.17, 15) is 9.59 Å². The molecule has 1 fully saturated rings. The number of amides is 2. The van der Waals surface area contributed by atoms with Crippen molar-refractivity contribution < 1.29 is 9.59 Å². The fourth-order valence-electron chi connectivity index (χ4n) is 2.45. The number of nitrogens with one attached hydrogen (secondary N) is 1. The Balaban J connectivity index is 1.98. The minimum absolute atomic E-state index is 0.0596. The van der Waals surface area contributed by atoms with Crippen molar-refractivity contribution in [3.05, 3.63) is 27.2 Å². The number of benzene rings is 1. The zero-order valence-corrected chi connectivity index (χ0v) is 15.2. The fraction of sp³-hybridized carbons (Fsp3) is 0.467. The minimum Gasteiger partial charge on any atom is -0.340 e. The van der Waals surface area contributed by atoms with E-state index in [1.807, 2.05) is 11.8 Å². The zero-order chi connectivity index (χ0) is 17.1. The molecular weight excluding hydrogens is 361 g/mol. The molecule has 23 heavy (non-hydrogen) atoms. The first-order valence-corrected chi connectivity index (χ1v) is 8.38. The van der Waals surface area contributed by atoms with Crippen LogP contribution in [0.25, 0.3) is 0 Å². The van der Waals surface area contributed by atoms with Crippen LogP contribution in [0.3, 0.4) is 0 Å². The van der Waals surface area contributed by atoms with Crippen LogP contribution in [0.15, 0.2) is 12.1 Å². The van der Waals surface area contributed by atoms with E-state index in [-0.39, 0.29) is 17.9 Å². The highest BCUT2D eigenvalue weighted by Crippen LogP contribution is 2.32. The molecular formula is C15H18Cl3N3O2. The molecule has 1 aliphatic rings. The van der Waals surface area contributed by atoms with Crippen LogP contribution >= 0.6 is 34.8 Å². The van der Waals surface area contributed by atoms with Crippen LogP contribution in [0.5, 0.6) is 0 Å². The molecule has 8 heteroatoms. The van der Waals surface area contributed by atoms with Crippen LogP contribution in [0.2, 0.25) is 15.1 Å². The second kappa shape index (κ2) is 7.71. The van der Waals surface area contributed by atoms with E-state index in [1.165, 1.54) is 12.1 Å². The van der Waals surface area contributed by atoms with Gasteiger partial charge in [-0.1, -0.05) is 34.8 Å². The molecule has 1 heterocycles. The quantitative estimate of drug-likeness (QED) is 0.822. The van der Waals surface area contributed by atoms with Crippen molar-refractivity contribution >= 4 is 52.3 Å². The van der Waals surface area contributed by atoms with Gasteiger partial charge in [0, 0.05) is 33.1 Å². The van der Waals surface area contributed by atoms with Gasteiger partial charge in [0.1, 0.15) is 0 Å². The Morgan fingerprint density at radius 1 is 1.04 bits per heavy atom. The fourth-order valence-corrected chi connectivity index (χ4v) is 3.04. The molecule has 2 rings (SSSR count). The maximum absolute atomic E-state index is 12.4. The number of piperazine rings is 1. The molecule has 2 amide bonds. The van der Waals surface area contributed by atoms with Crippen LogP contribution in [-0.2, 0) is 9.59 Å². The molecule has 0 spiro atoms. The number of nitrogens with zero attached hydrogens (tertiary/aromatic N) is 2. The Labute approximate surface area is 150 Å². The molecule has 1 atom stereocenters. The van der Waals surface area contributed by atoms with Gasteiger partial charge >= 0.3 is 0 Å². The van der Waals surface area contributed by atoms with E-state index < -0.39 is 0 Å². The van der Waals surface area contributed by atoms with Gasteiger partial charge in [0.2, 0.25) is 11.8 Å². The van der Waals surface area contributed by atoms with E-state index in [1.54, 1.807) is 11.8 Å². The third kappa shape index (κ3) is 4.51. The van der Waals surface area contributed by atoms with Crippen LogP contribution in [0.1, 0.15) is 13.8 Å². The summed E-state index contributed by atoms with van der Waals surface area (Å²) in [5.41, 5.74) is 0.431. The van der Waals surface area contributed by atoms with Crippen molar-refractivity contribution in [1.29, 1.82) is 0 Å². The Morgan fingerprint density at radius 2 is 1.61 bits per heavy atom. The van der Waals surface area contributed by atoms with Crippen LogP contribution < -0.4 is 5.32 Å². The molecule has 0 saturated carbocycles. The molecule has 0 aromatic heterocycles. The van der Waals surface area contributed by atoms with Gasteiger partial charge in [0.15, 0.2) is 0 Å². The zero-order valence-electron chi connectivity index (χ0n) is 12.9. The van der Waals surface area contributed by atoms with Gasteiger partial charge in [-0.3, -0.25) is 14.5 Å². The summed E-state index contributed by atoms with van der Waals surface area (Å²) in [5, 5.41) is 3.77. The molecule has 1 aliphatic heterocycles. The molecule has 1 saturated heterocycles. The number of rotatable bonds is 3. The van der Waals surface area contributed by atoms with Crippen molar-refractivity contribution in [1.82, 2.24) is 9.80 Å². The van der Waals surface area contributed by atoms with E-state index in [2.05, 4.69) is 5.32 Å². The molecule has 5 nitrogen and oxygen atoms in total. The van der Waals surface area contributed by atoms with Crippen molar-refractivity contribution in [3.8, 4) is 0 Å². The van der Waals surface area contributed by atoms with E-state index in [0.717, 1.165) is 0 Å². The first-order valence-electron chi connectivity index (χ1n) is 7.24. The highest BCUT2D eigenvalue weighted by Gasteiger charge is 2.26. The highest BCUT2D eigenvalue weighted by atomic mass is 35.5. The summed E-state index contributed by atoms with van der Waals surface area (Å²) in [6, 6.07) is 2.69. The summed E-state index contributed by atoms with van der Waals surface area (Å²) in [6.07, 6.45) is 0. The number of hydrogen-bond acceptors (Lipinski definition) is 3. The molecule has 0 aliphatic carbocycles. The lowest BCUT2D eigenvalue weighted by atomic mass is 10.2. The Hall–Kier alpha value is -1.01. The van der Waals surface area contributed by atoms with Gasteiger partial charge in [0.25, 0.3) is 0 Å². The predicted octanol–water partition coefficient (Wildman–Crippen LogP) is 3.14. The highest BCUT2D eigenvalue weighted by molar-refractivity contribution is 6.44. The van der Waals surface area contributed by atoms with Gasteiger partial charge in [-0.25, -0.2) is 0 Å². The van der Waals surface area contributed by atoms with Crippen molar-refractivity contribution in [2.45, 2.75) is 19.9 Å². The topological polar surface area (TPSA) is 52.7 Å². The van der Waals surface area contributed by atoms with Crippen molar-refractivity contribution in [3.63, 3.8) is 0 Å². The average molecular weight is 379 g/mol. The van der Waals surface area contributed by atoms with E-state index in [4.69, 9.17) is 34.8 Å². The van der Waals surface area contributed by atoms with Crippen LogP contribution in [-0.4, -0.2) is 53.8 Å². The van der Waals surface area contributed by atoms with Crippen LogP contribution in [0.4, 0.5) is 5.69 Å². The van der Waals surface area contributed by atoms with E-state index in [0.29, 0.717) is 46.9 Å². The van der Waals surface area contributed by atoms with Crippen LogP contribution in [0, 0.1) is 0 Å². The SMILES string of the molecule is CC(=O)N1CCN(C(C)C(=O)Nc2cc(Cl)c(Cl)cc2Cl)CC1. The molecule has 0 bridgehead atoms. The minimum atomic E-state index is -0.338. The summed E-state index contributed by atoms with van der Waals surface area (Å²) in [4.78, 5) is 27.5. The second-order valence-electron chi connectivity index (χ2n) is 5.45. The second-order valence-corrected chi connectivity index (χ2v) is 6.68. The average Bonchev–Trinajstić information content (AvgIpc) is 2.51. The Bertz CT molecular complexity index is 616. The molecule has 126 valence electrons. The molecule has 1 aromatic rings.